The third-order valence-corrected chi connectivity index (χ3v) is 9.26. The number of carboxylic acid groups (broad SMARTS) is 1. The molecule has 4 rings (SSSR count). The maximum atomic E-state index is 12.9. The molecule has 1 amide bonds. The second-order valence-electron chi connectivity index (χ2n) is 11.0. The Morgan fingerprint density at radius 1 is 1.03 bits per heavy atom. The van der Waals surface area contributed by atoms with Crippen LogP contribution in [0.3, 0.4) is 0 Å². The summed E-state index contributed by atoms with van der Waals surface area (Å²) in [7, 11) is 0. The highest BCUT2D eigenvalue weighted by molar-refractivity contribution is 5.85. The number of amides is 1. The molecule has 0 aromatic carbocycles. The normalized spacial score (nSPS) is 30.3. The number of carboxylic acids is 1. The summed E-state index contributed by atoms with van der Waals surface area (Å²) >= 11 is 0. The lowest BCUT2D eigenvalue weighted by molar-refractivity contribution is -0.144. The number of aliphatic carboxylic acids is 1. The van der Waals surface area contributed by atoms with Crippen LogP contribution in [0.4, 0.5) is 0 Å². The van der Waals surface area contributed by atoms with Gasteiger partial charge in [-0.2, -0.15) is 5.26 Å². The van der Waals surface area contributed by atoms with E-state index in [2.05, 4.69) is 19.2 Å². The molecule has 3 saturated carbocycles. The summed E-state index contributed by atoms with van der Waals surface area (Å²) in [6, 6.07) is 1.76. The van der Waals surface area contributed by atoms with Gasteiger partial charge in [0, 0.05) is 16.9 Å². The van der Waals surface area contributed by atoms with E-state index in [0.29, 0.717) is 5.92 Å². The van der Waals surface area contributed by atoms with E-state index in [1.807, 2.05) is 20.8 Å². The molecule has 0 bridgehead atoms. The lowest BCUT2D eigenvalue weighted by Gasteiger charge is -2.38. The van der Waals surface area contributed by atoms with Gasteiger partial charge in [-0.1, -0.05) is 56.9 Å². The standard InChI is InChI=1S/C16H23N3O.C11H18O2/c1-10(2)16(5-3-4-6-16)14(18)15(20)19-12(9-17)7-11-8-13(11)19;1-8(2)11(6-4-5-7-11)9(3)10(12)13/h11-14H,1,3-8,18H2,2H3;9H,1,4-7H2,2-3H3,(H,12,13)/t11?,12?,13?,14-;/m1./s1. The number of allylic oxidation sites excluding steroid dienone is 1. The van der Waals surface area contributed by atoms with Crippen LogP contribution >= 0.6 is 0 Å². The van der Waals surface area contributed by atoms with Crippen LogP contribution in [0.15, 0.2) is 24.3 Å². The second-order valence-corrected chi connectivity index (χ2v) is 11.0. The zero-order valence-electron chi connectivity index (χ0n) is 20.6. The van der Waals surface area contributed by atoms with Crippen molar-refractivity contribution in [3.05, 3.63) is 24.3 Å². The lowest BCUT2D eigenvalue weighted by Crippen LogP contribution is -2.54. The Kier molecular flexibility index (Phi) is 7.43. The van der Waals surface area contributed by atoms with Crippen molar-refractivity contribution < 1.29 is 14.7 Å². The van der Waals surface area contributed by atoms with Crippen LogP contribution in [-0.2, 0) is 9.59 Å². The third kappa shape index (κ3) is 4.49. The maximum Gasteiger partial charge on any atom is 0.307 e. The Labute approximate surface area is 198 Å². The average molecular weight is 456 g/mol. The van der Waals surface area contributed by atoms with Gasteiger partial charge in [0.05, 0.1) is 18.0 Å². The number of fused-ring (bicyclic) bond motifs is 1. The van der Waals surface area contributed by atoms with Gasteiger partial charge in [0.25, 0.3) is 0 Å². The minimum absolute atomic E-state index is 0.0218. The van der Waals surface area contributed by atoms with Crippen LogP contribution < -0.4 is 5.73 Å². The third-order valence-electron chi connectivity index (χ3n) is 9.26. The summed E-state index contributed by atoms with van der Waals surface area (Å²) in [6.45, 7) is 13.8. The fraction of sp³-hybridized carbons (Fsp3) is 0.741. The molecule has 3 N–H and O–H groups in total. The molecule has 6 nitrogen and oxygen atoms in total. The van der Waals surface area contributed by atoms with Gasteiger partial charge in [0.1, 0.15) is 6.04 Å². The van der Waals surface area contributed by atoms with Crippen LogP contribution in [0.1, 0.15) is 85.0 Å². The number of nitrogens with zero attached hydrogens (tertiary/aromatic N) is 2. The molecule has 4 aliphatic rings. The van der Waals surface area contributed by atoms with Crippen molar-refractivity contribution in [3.63, 3.8) is 0 Å². The molecule has 0 radical (unpaired) electrons. The summed E-state index contributed by atoms with van der Waals surface area (Å²) in [5, 5.41) is 18.3. The molecular formula is C27H41N3O3. The molecule has 0 aromatic rings. The fourth-order valence-electron chi connectivity index (χ4n) is 6.77. The van der Waals surface area contributed by atoms with Gasteiger partial charge >= 0.3 is 5.97 Å². The van der Waals surface area contributed by atoms with E-state index < -0.39 is 12.0 Å². The Morgan fingerprint density at radius 2 is 1.52 bits per heavy atom. The number of nitrogens with two attached hydrogens (primary N) is 1. The van der Waals surface area contributed by atoms with Crippen molar-refractivity contribution in [3.8, 4) is 6.07 Å². The molecule has 0 aromatic heterocycles. The molecule has 1 heterocycles. The number of rotatable bonds is 6. The highest BCUT2D eigenvalue weighted by Crippen LogP contribution is 2.51. The molecular weight excluding hydrogens is 414 g/mol. The fourth-order valence-corrected chi connectivity index (χ4v) is 6.77. The van der Waals surface area contributed by atoms with Gasteiger partial charge in [0.15, 0.2) is 0 Å². The van der Waals surface area contributed by atoms with E-state index in [-0.39, 0.29) is 34.7 Å². The SMILES string of the molecule is C=C(C)C1(C(C)C(=O)O)CCCC1.C=C(C)C1([C@H](N)C(=O)N2C(C#N)CC3CC32)CCCC1. The lowest BCUT2D eigenvalue weighted by atomic mass is 9.70. The van der Waals surface area contributed by atoms with Crippen molar-refractivity contribution in [2.75, 3.05) is 0 Å². The van der Waals surface area contributed by atoms with Crippen molar-refractivity contribution >= 4 is 11.9 Å². The Hall–Kier alpha value is -2.13. The first-order valence-corrected chi connectivity index (χ1v) is 12.5. The van der Waals surface area contributed by atoms with E-state index in [1.54, 1.807) is 4.90 Å². The van der Waals surface area contributed by atoms with Gasteiger partial charge in [0.2, 0.25) is 5.91 Å². The predicted octanol–water partition coefficient (Wildman–Crippen LogP) is 4.81. The number of hydrogen-bond acceptors (Lipinski definition) is 4. The van der Waals surface area contributed by atoms with E-state index in [1.165, 1.54) is 0 Å². The number of carbonyl (C=O) groups is 2. The van der Waals surface area contributed by atoms with E-state index in [9.17, 15) is 14.9 Å². The summed E-state index contributed by atoms with van der Waals surface area (Å²) in [5.41, 5.74) is 8.07. The molecule has 33 heavy (non-hydrogen) atoms. The van der Waals surface area contributed by atoms with Gasteiger partial charge in [-0.05, 0) is 58.3 Å². The average Bonchev–Trinajstić information content (AvgIpc) is 3.20. The molecule has 6 heteroatoms. The minimum atomic E-state index is -0.690. The monoisotopic (exact) mass is 455 g/mol. The molecule has 4 unspecified atom stereocenters. The zero-order chi connectivity index (χ0) is 24.6. The first-order valence-electron chi connectivity index (χ1n) is 12.5. The number of likely N-dealkylation sites (tertiary alicyclic amines) is 1. The Morgan fingerprint density at radius 3 is 1.94 bits per heavy atom. The minimum Gasteiger partial charge on any atom is -0.481 e. The van der Waals surface area contributed by atoms with Crippen LogP contribution in [0.5, 0.6) is 0 Å². The quantitative estimate of drug-likeness (QED) is 0.559. The van der Waals surface area contributed by atoms with Crippen LogP contribution in [0, 0.1) is 34.0 Å². The van der Waals surface area contributed by atoms with Crippen LogP contribution in [0.25, 0.3) is 0 Å². The number of piperidine rings is 1. The number of hydrogen-bond donors (Lipinski definition) is 2. The molecule has 0 spiro atoms. The van der Waals surface area contributed by atoms with Gasteiger partial charge in [-0.25, -0.2) is 0 Å². The predicted molar refractivity (Wildman–Crippen MR) is 129 cm³/mol. The first kappa shape index (κ1) is 25.5. The topological polar surface area (TPSA) is 107 Å². The summed E-state index contributed by atoms with van der Waals surface area (Å²) < 4.78 is 0. The highest BCUT2D eigenvalue weighted by atomic mass is 16.4. The first-order chi connectivity index (χ1) is 15.5. The zero-order valence-corrected chi connectivity index (χ0v) is 20.6. The van der Waals surface area contributed by atoms with Gasteiger partial charge < -0.3 is 15.7 Å². The second kappa shape index (κ2) is 9.62. The summed E-state index contributed by atoms with van der Waals surface area (Å²) in [4.78, 5) is 25.6. The van der Waals surface area contributed by atoms with E-state index >= 15 is 0 Å². The Balaban J connectivity index is 0.000000205. The summed E-state index contributed by atoms with van der Waals surface area (Å²) in [5.74, 6) is -0.455. The van der Waals surface area contributed by atoms with E-state index in [0.717, 1.165) is 75.4 Å². The molecule has 4 fully saturated rings. The largest absolute Gasteiger partial charge is 0.481 e. The van der Waals surface area contributed by atoms with Gasteiger partial charge in [-0.3, -0.25) is 9.59 Å². The smallest absolute Gasteiger partial charge is 0.307 e. The Bertz CT molecular complexity index is 845. The number of carbonyl (C=O) groups excluding carboxylic acids is 1. The molecule has 1 aliphatic heterocycles. The van der Waals surface area contributed by atoms with E-state index in [4.69, 9.17) is 10.8 Å². The van der Waals surface area contributed by atoms with Gasteiger partial charge in [-0.15, -0.1) is 0 Å². The molecule has 1 saturated heterocycles. The summed E-state index contributed by atoms with van der Waals surface area (Å²) in [6.07, 6.45) is 10.3. The maximum absolute atomic E-state index is 12.9. The molecule has 182 valence electrons. The van der Waals surface area contributed by atoms with Crippen LogP contribution in [0.2, 0.25) is 0 Å². The van der Waals surface area contributed by atoms with Crippen molar-refractivity contribution in [2.24, 2.45) is 28.4 Å². The van der Waals surface area contributed by atoms with Crippen LogP contribution in [-0.4, -0.2) is 40.0 Å². The van der Waals surface area contributed by atoms with Crippen molar-refractivity contribution in [2.45, 2.75) is 103 Å². The van der Waals surface area contributed by atoms with Crippen molar-refractivity contribution in [1.29, 1.82) is 5.26 Å². The number of nitriles is 1. The van der Waals surface area contributed by atoms with Crippen molar-refractivity contribution in [1.82, 2.24) is 4.90 Å². The molecule has 5 atom stereocenters. The molecule has 3 aliphatic carbocycles. The highest BCUT2D eigenvalue weighted by Gasteiger charge is 2.57.